The van der Waals surface area contributed by atoms with E-state index in [9.17, 15) is 17.6 Å². The van der Waals surface area contributed by atoms with Gasteiger partial charge in [0.2, 0.25) is 0 Å². The third-order valence-electron chi connectivity index (χ3n) is 3.03. The molecule has 6 heteroatoms. The van der Waals surface area contributed by atoms with Gasteiger partial charge in [-0.1, -0.05) is 15.9 Å². The maximum Gasteiger partial charge on any atom is 0.166 e. The Morgan fingerprint density at radius 2 is 2.17 bits per heavy atom. The number of halogens is 2. The zero-order chi connectivity index (χ0) is 13.3. The fourth-order valence-corrected chi connectivity index (χ4v) is 4.34. The Balaban J connectivity index is 2.11. The van der Waals surface area contributed by atoms with Crippen LogP contribution in [0.1, 0.15) is 23.2 Å². The van der Waals surface area contributed by atoms with Crippen LogP contribution in [0.5, 0.6) is 0 Å². The van der Waals surface area contributed by atoms with Crippen molar-refractivity contribution < 1.29 is 17.6 Å². The number of carbonyl (C=O) groups is 1. The van der Waals surface area contributed by atoms with Crippen LogP contribution in [0.4, 0.5) is 4.39 Å². The Morgan fingerprint density at radius 1 is 1.44 bits per heavy atom. The SMILES string of the molecule is O=C(CC1CCS(=O)(=O)C1)c1cc(Br)ccc1F. The Labute approximate surface area is 113 Å². The van der Waals surface area contributed by atoms with Gasteiger partial charge in [-0.2, -0.15) is 0 Å². The van der Waals surface area contributed by atoms with Crippen molar-refractivity contribution in [3.8, 4) is 0 Å². The van der Waals surface area contributed by atoms with Gasteiger partial charge in [-0.15, -0.1) is 0 Å². The predicted octanol–water partition coefficient (Wildman–Crippen LogP) is 2.60. The molecule has 1 heterocycles. The second kappa shape index (κ2) is 5.09. The third-order valence-corrected chi connectivity index (χ3v) is 5.36. The van der Waals surface area contributed by atoms with Crippen molar-refractivity contribution in [3.63, 3.8) is 0 Å². The van der Waals surface area contributed by atoms with Crippen LogP contribution in [0.2, 0.25) is 0 Å². The lowest BCUT2D eigenvalue weighted by Crippen LogP contribution is -2.12. The molecule has 1 aromatic carbocycles. The molecule has 1 saturated heterocycles. The van der Waals surface area contributed by atoms with E-state index in [0.29, 0.717) is 10.9 Å². The van der Waals surface area contributed by atoms with Gasteiger partial charge >= 0.3 is 0 Å². The lowest BCUT2D eigenvalue weighted by Gasteiger charge is -2.07. The fraction of sp³-hybridized carbons (Fsp3) is 0.417. The highest BCUT2D eigenvalue weighted by molar-refractivity contribution is 9.10. The highest BCUT2D eigenvalue weighted by Gasteiger charge is 2.30. The van der Waals surface area contributed by atoms with Crippen LogP contribution in [-0.4, -0.2) is 25.7 Å². The third kappa shape index (κ3) is 3.17. The number of benzene rings is 1. The molecule has 0 N–H and O–H groups in total. The Morgan fingerprint density at radius 3 is 2.78 bits per heavy atom. The van der Waals surface area contributed by atoms with Crippen molar-refractivity contribution in [2.45, 2.75) is 12.8 Å². The molecule has 2 rings (SSSR count). The van der Waals surface area contributed by atoms with Gasteiger partial charge in [0.1, 0.15) is 5.82 Å². The average molecular weight is 335 g/mol. The summed E-state index contributed by atoms with van der Waals surface area (Å²) in [7, 11) is -3.00. The molecule has 3 nitrogen and oxygen atoms in total. The Hall–Kier alpha value is -0.750. The molecule has 1 aliphatic heterocycles. The minimum atomic E-state index is -3.00. The second-order valence-electron chi connectivity index (χ2n) is 4.52. The van der Waals surface area contributed by atoms with E-state index in [0.717, 1.165) is 0 Å². The van der Waals surface area contributed by atoms with Crippen molar-refractivity contribution in [1.29, 1.82) is 0 Å². The van der Waals surface area contributed by atoms with Gasteiger partial charge in [0.05, 0.1) is 17.1 Å². The molecular formula is C12H12BrFO3S. The number of hydrogen-bond donors (Lipinski definition) is 0. The normalized spacial score (nSPS) is 22.0. The van der Waals surface area contributed by atoms with Crippen molar-refractivity contribution in [3.05, 3.63) is 34.1 Å². The number of hydrogen-bond acceptors (Lipinski definition) is 3. The second-order valence-corrected chi connectivity index (χ2v) is 7.66. The van der Waals surface area contributed by atoms with Crippen molar-refractivity contribution >= 4 is 31.6 Å². The highest BCUT2D eigenvalue weighted by atomic mass is 79.9. The van der Waals surface area contributed by atoms with E-state index >= 15 is 0 Å². The Bertz CT molecular complexity index is 583. The van der Waals surface area contributed by atoms with Gasteiger partial charge < -0.3 is 0 Å². The standard InChI is InChI=1S/C12H12BrFO3S/c13-9-1-2-11(14)10(6-9)12(15)5-8-3-4-18(16,17)7-8/h1-2,6,8H,3-5,7H2. The zero-order valence-electron chi connectivity index (χ0n) is 9.53. The van der Waals surface area contributed by atoms with Gasteiger partial charge in [-0.05, 0) is 30.5 Å². The molecule has 1 atom stereocenters. The van der Waals surface area contributed by atoms with E-state index in [2.05, 4.69) is 15.9 Å². The largest absolute Gasteiger partial charge is 0.294 e. The lowest BCUT2D eigenvalue weighted by atomic mass is 9.97. The van der Waals surface area contributed by atoms with E-state index in [-0.39, 0.29) is 35.2 Å². The van der Waals surface area contributed by atoms with Gasteiger partial charge in [0.15, 0.2) is 15.6 Å². The van der Waals surface area contributed by atoms with Gasteiger partial charge in [0, 0.05) is 10.9 Å². The molecule has 0 radical (unpaired) electrons. The lowest BCUT2D eigenvalue weighted by molar-refractivity contribution is 0.0961. The first-order valence-electron chi connectivity index (χ1n) is 5.56. The van der Waals surface area contributed by atoms with Gasteiger partial charge in [0.25, 0.3) is 0 Å². The van der Waals surface area contributed by atoms with Crippen LogP contribution in [0.15, 0.2) is 22.7 Å². The van der Waals surface area contributed by atoms with Crippen molar-refractivity contribution in [2.24, 2.45) is 5.92 Å². The quantitative estimate of drug-likeness (QED) is 0.798. The summed E-state index contributed by atoms with van der Waals surface area (Å²) >= 11 is 3.18. The molecule has 0 amide bonds. The molecule has 98 valence electrons. The number of rotatable bonds is 3. The summed E-state index contributed by atoms with van der Waals surface area (Å²) in [5.41, 5.74) is 0.0219. The first-order chi connectivity index (χ1) is 8.37. The first kappa shape index (κ1) is 13.7. The monoisotopic (exact) mass is 334 g/mol. The first-order valence-corrected chi connectivity index (χ1v) is 8.17. The van der Waals surface area contributed by atoms with Crippen LogP contribution in [-0.2, 0) is 9.84 Å². The molecule has 0 saturated carbocycles. The predicted molar refractivity (Wildman–Crippen MR) is 69.8 cm³/mol. The van der Waals surface area contributed by atoms with Gasteiger partial charge in [-0.25, -0.2) is 12.8 Å². The van der Waals surface area contributed by atoms with Crippen LogP contribution in [0.25, 0.3) is 0 Å². The fourth-order valence-electron chi connectivity index (χ4n) is 2.12. The molecule has 1 aliphatic rings. The number of carbonyl (C=O) groups excluding carboxylic acids is 1. The summed E-state index contributed by atoms with van der Waals surface area (Å²) in [5, 5.41) is 0. The van der Waals surface area contributed by atoms with E-state index < -0.39 is 15.7 Å². The minimum absolute atomic E-state index is 0.0219. The van der Waals surface area contributed by atoms with E-state index in [1.165, 1.54) is 18.2 Å². The molecule has 1 aromatic rings. The summed E-state index contributed by atoms with van der Waals surface area (Å²) in [5.74, 6) is -0.916. The topological polar surface area (TPSA) is 51.2 Å². The molecule has 18 heavy (non-hydrogen) atoms. The average Bonchev–Trinajstić information content (AvgIpc) is 2.61. The summed E-state index contributed by atoms with van der Waals surface area (Å²) in [6, 6.07) is 4.18. The number of sulfone groups is 1. The minimum Gasteiger partial charge on any atom is -0.294 e. The van der Waals surface area contributed by atoms with Crippen molar-refractivity contribution in [2.75, 3.05) is 11.5 Å². The molecule has 1 unspecified atom stereocenters. The number of Topliss-reactive ketones (excluding diaryl/α,β-unsaturated/α-hetero) is 1. The molecule has 0 aromatic heterocycles. The smallest absolute Gasteiger partial charge is 0.166 e. The van der Waals surface area contributed by atoms with Crippen LogP contribution in [0, 0.1) is 11.7 Å². The Kier molecular flexibility index (Phi) is 3.87. The number of ketones is 1. The van der Waals surface area contributed by atoms with Crippen LogP contribution in [0.3, 0.4) is 0 Å². The molecular weight excluding hydrogens is 323 g/mol. The van der Waals surface area contributed by atoms with Crippen molar-refractivity contribution in [1.82, 2.24) is 0 Å². The molecule has 0 spiro atoms. The van der Waals surface area contributed by atoms with Crippen LogP contribution < -0.4 is 0 Å². The van der Waals surface area contributed by atoms with Gasteiger partial charge in [-0.3, -0.25) is 4.79 Å². The molecule has 0 aliphatic carbocycles. The van der Waals surface area contributed by atoms with E-state index in [4.69, 9.17) is 0 Å². The summed E-state index contributed by atoms with van der Waals surface area (Å²) in [6.45, 7) is 0. The van der Waals surface area contributed by atoms with Crippen LogP contribution >= 0.6 is 15.9 Å². The zero-order valence-corrected chi connectivity index (χ0v) is 11.9. The highest BCUT2D eigenvalue weighted by Crippen LogP contribution is 2.25. The maximum atomic E-state index is 13.5. The summed E-state index contributed by atoms with van der Waals surface area (Å²) in [4.78, 5) is 11.9. The maximum absolute atomic E-state index is 13.5. The van der Waals surface area contributed by atoms with E-state index in [1.807, 2.05) is 0 Å². The molecule has 1 fully saturated rings. The summed E-state index contributed by atoms with van der Waals surface area (Å²) < 4.78 is 36.7. The van der Waals surface area contributed by atoms with E-state index in [1.54, 1.807) is 0 Å². The summed E-state index contributed by atoms with van der Waals surface area (Å²) in [6.07, 6.45) is 0.580. The molecule has 0 bridgehead atoms.